The molecule has 0 aliphatic carbocycles. The van der Waals surface area contributed by atoms with Gasteiger partial charge in [0, 0.05) is 25.1 Å². The molecule has 0 saturated carbocycles. The monoisotopic (exact) mass is 307 g/mol. The molecule has 0 spiro atoms. The van der Waals surface area contributed by atoms with Gasteiger partial charge < -0.3 is 9.84 Å². The lowest BCUT2D eigenvalue weighted by Crippen LogP contribution is -2.01. The van der Waals surface area contributed by atoms with E-state index in [-0.39, 0.29) is 5.75 Å². The van der Waals surface area contributed by atoms with E-state index >= 15 is 0 Å². The molecule has 2 rings (SSSR count). The number of hydrogen-bond donors (Lipinski definition) is 1. The molecule has 0 fully saturated rings. The van der Waals surface area contributed by atoms with Gasteiger partial charge in [-0.3, -0.25) is 0 Å². The molecule has 1 heterocycles. The summed E-state index contributed by atoms with van der Waals surface area (Å²) in [5.74, 6) is 0.186. The molecule has 20 heavy (non-hydrogen) atoms. The Bertz CT molecular complexity index is 626. The fraction of sp³-hybridized carbons (Fsp3) is 0.231. The zero-order chi connectivity index (χ0) is 14.4. The van der Waals surface area contributed by atoms with Crippen LogP contribution in [-0.2, 0) is 11.2 Å². The third-order valence-corrected chi connectivity index (χ3v) is 3.34. The largest absolute Gasteiger partial charge is 0.507 e. The first kappa shape index (κ1) is 14.5. The zero-order valence-corrected chi connectivity index (χ0v) is 12.4. The van der Waals surface area contributed by atoms with E-state index in [1.165, 1.54) is 11.3 Å². The highest BCUT2D eigenvalue weighted by Crippen LogP contribution is 2.20. The van der Waals surface area contributed by atoms with E-state index in [1.54, 1.807) is 31.3 Å². The van der Waals surface area contributed by atoms with Crippen LogP contribution in [0.3, 0.4) is 0 Å². The smallest absolute Gasteiger partial charge is 0.231 e. The SMILES string of the molecule is CC(=S)OCCc1nnc(N=Cc2ccccc2O)s1. The maximum absolute atomic E-state index is 9.61. The standard InChI is InChI=1S/C13H13N3O2S2/c1-9(19)18-7-6-12-15-16-13(20-12)14-8-10-4-2-3-5-11(10)17/h2-5,8,17H,6-7H2,1H3. The van der Waals surface area contributed by atoms with E-state index in [4.69, 9.17) is 17.0 Å². The van der Waals surface area contributed by atoms with Crippen LogP contribution in [0.15, 0.2) is 29.3 Å². The number of aromatic hydroxyl groups is 1. The van der Waals surface area contributed by atoms with Crippen LogP contribution < -0.4 is 0 Å². The molecule has 0 unspecified atom stereocenters. The van der Waals surface area contributed by atoms with Crippen LogP contribution in [-0.4, -0.2) is 33.2 Å². The van der Waals surface area contributed by atoms with Gasteiger partial charge in [0.15, 0.2) is 5.05 Å². The number of phenols is 1. The highest BCUT2D eigenvalue weighted by molar-refractivity contribution is 7.80. The fourth-order valence-corrected chi connectivity index (χ4v) is 2.15. The van der Waals surface area contributed by atoms with Crippen molar-refractivity contribution < 1.29 is 9.84 Å². The number of hydrogen-bond acceptors (Lipinski definition) is 7. The predicted molar refractivity (Wildman–Crippen MR) is 83.2 cm³/mol. The number of phenolic OH excluding ortho intramolecular Hbond substituents is 1. The molecule has 0 atom stereocenters. The van der Waals surface area contributed by atoms with Crippen molar-refractivity contribution in [3.8, 4) is 5.75 Å². The van der Waals surface area contributed by atoms with Gasteiger partial charge in [-0.15, -0.1) is 10.2 Å². The minimum absolute atomic E-state index is 0.186. The van der Waals surface area contributed by atoms with Crippen molar-refractivity contribution in [2.45, 2.75) is 13.3 Å². The molecular formula is C13H13N3O2S2. The van der Waals surface area contributed by atoms with Crippen molar-refractivity contribution in [1.82, 2.24) is 10.2 Å². The summed E-state index contributed by atoms with van der Waals surface area (Å²) < 4.78 is 5.20. The Kier molecular flexibility index (Phi) is 5.14. The Labute approximate surface area is 126 Å². The summed E-state index contributed by atoms with van der Waals surface area (Å²) >= 11 is 6.21. The molecule has 0 radical (unpaired) electrons. The first-order valence-electron chi connectivity index (χ1n) is 5.93. The average molecular weight is 307 g/mol. The average Bonchev–Trinajstić information content (AvgIpc) is 2.85. The van der Waals surface area contributed by atoms with Crippen molar-refractivity contribution in [2.75, 3.05) is 6.61 Å². The lowest BCUT2D eigenvalue weighted by molar-refractivity contribution is 0.315. The molecule has 2 aromatic rings. The van der Waals surface area contributed by atoms with Gasteiger partial charge in [0.1, 0.15) is 10.8 Å². The Balaban J connectivity index is 1.96. The number of aromatic nitrogens is 2. The Hall–Kier alpha value is -1.86. The molecule has 1 aromatic carbocycles. The first-order chi connectivity index (χ1) is 9.65. The van der Waals surface area contributed by atoms with Crippen LogP contribution in [0.1, 0.15) is 17.5 Å². The Morgan fingerprint density at radius 3 is 3.00 bits per heavy atom. The van der Waals surface area contributed by atoms with Gasteiger partial charge in [-0.25, -0.2) is 4.99 Å². The topological polar surface area (TPSA) is 67.6 Å². The van der Waals surface area contributed by atoms with E-state index in [0.29, 0.717) is 28.8 Å². The van der Waals surface area contributed by atoms with Crippen LogP contribution >= 0.6 is 23.6 Å². The van der Waals surface area contributed by atoms with Crippen molar-refractivity contribution in [3.05, 3.63) is 34.8 Å². The van der Waals surface area contributed by atoms with Crippen LogP contribution in [0.5, 0.6) is 5.75 Å². The summed E-state index contributed by atoms with van der Waals surface area (Å²) in [4.78, 5) is 4.19. The normalized spacial score (nSPS) is 10.8. The maximum Gasteiger partial charge on any atom is 0.231 e. The molecule has 0 aliphatic rings. The van der Waals surface area contributed by atoms with E-state index in [1.807, 2.05) is 6.07 Å². The Morgan fingerprint density at radius 1 is 1.45 bits per heavy atom. The number of nitrogens with zero attached hydrogens (tertiary/aromatic N) is 3. The van der Waals surface area contributed by atoms with E-state index < -0.39 is 0 Å². The van der Waals surface area contributed by atoms with Gasteiger partial charge in [-0.2, -0.15) is 0 Å². The number of para-hydroxylation sites is 1. The lowest BCUT2D eigenvalue weighted by Gasteiger charge is -1.99. The summed E-state index contributed by atoms with van der Waals surface area (Å²) in [5, 5.41) is 19.5. The Morgan fingerprint density at radius 2 is 2.25 bits per heavy atom. The van der Waals surface area contributed by atoms with Gasteiger partial charge in [-0.1, -0.05) is 23.5 Å². The molecule has 7 heteroatoms. The van der Waals surface area contributed by atoms with Crippen molar-refractivity contribution >= 4 is 40.0 Å². The van der Waals surface area contributed by atoms with Crippen molar-refractivity contribution in [3.63, 3.8) is 0 Å². The number of thiocarbonyl (C=S) groups is 1. The second kappa shape index (κ2) is 7.06. The molecule has 104 valence electrons. The molecule has 1 aromatic heterocycles. The molecule has 0 aliphatic heterocycles. The zero-order valence-electron chi connectivity index (χ0n) is 10.8. The number of rotatable bonds is 5. The predicted octanol–water partition coefficient (Wildman–Crippen LogP) is 2.90. The molecule has 5 nitrogen and oxygen atoms in total. The van der Waals surface area contributed by atoms with Crippen molar-refractivity contribution in [1.29, 1.82) is 0 Å². The van der Waals surface area contributed by atoms with Crippen molar-refractivity contribution in [2.24, 2.45) is 4.99 Å². The van der Waals surface area contributed by atoms with E-state index in [9.17, 15) is 5.11 Å². The second-order valence-electron chi connectivity index (χ2n) is 3.89. The van der Waals surface area contributed by atoms with E-state index in [0.717, 1.165) is 5.01 Å². The number of ether oxygens (including phenoxy) is 1. The van der Waals surface area contributed by atoms with Crippen LogP contribution in [0.4, 0.5) is 5.13 Å². The van der Waals surface area contributed by atoms with Crippen LogP contribution in [0.2, 0.25) is 0 Å². The van der Waals surface area contributed by atoms with Gasteiger partial charge in [0.25, 0.3) is 0 Å². The third-order valence-electron chi connectivity index (χ3n) is 2.33. The van der Waals surface area contributed by atoms with Gasteiger partial charge in [0.05, 0.1) is 6.61 Å². The highest BCUT2D eigenvalue weighted by atomic mass is 32.1. The fourth-order valence-electron chi connectivity index (χ4n) is 1.40. The molecular weight excluding hydrogens is 294 g/mol. The molecule has 0 saturated heterocycles. The minimum atomic E-state index is 0.186. The quantitative estimate of drug-likeness (QED) is 0.679. The van der Waals surface area contributed by atoms with E-state index in [2.05, 4.69) is 15.2 Å². The summed E-state index contributed by atoms with van der Waals surface area (Å²) in [6.07, 6.45) is 2.22. The molecule has 0 bridgehead atoms. The lowest BCUT2D eigenvalue weighted by atomic mass is 10.2. The number of aliphatic imine (C=N–C) groups is 1. The van der Waals surface area contributed by atoms with Crippen LogP contribution in [0, 0.1) is 0 Å². The van der Waals surface area contributed by atoms with Gasteiger partial charge >= 0.3 is 0 Å². The second-order valence-corrected chi connectivity index (χ2v) is 5.50. The molecule has 1 N–H and O–H groups in total. The molecule has 0 amide bonds. The number of benzene rings is 1. The summed E-state index contributed by atoms with van der Waals surface area (Å²) in [6, 6.07) is 6.97. The van der Waals surface area contributed by atoms with Gasteiger partial charge in [-0.05, 0) is 24.4 Å². The highest BCUT2D eigenvalue weighted by Gasteiger charge is 2.03. The van der Waals surface area contributed by atoms with Gasteiger partial charge in [0.2, 0.25) is 5.13 Å². The van der Waals surface area contributed by atoms with Crippen LogP contribution in [0.25, 0.3) is 0 Å². The maximum atomic E-state index is 9.61. The first-order valence-corrected chi connectivity index (χ1v) is 7.15. The minimum Gasteiger partial charge on any atom is -0.507 e. The summed E-state index contributed by atoms with van der Waals surface area (Å²) in [7, 11) is 0. The summed E-state index contributed by atoms with van der Waals surface area (Å²) in [6.45, 7) is 2.23. The third kappa shape index (κ3) is 4.36. The summed E-state index contributed by atoms with van der Waals surface area (Å²) in [5.41, 5.74) is 0.643.